The molecular formula is C11H10F2N2S. The van der Waals surface area contributed by atoms with Crippen LogP contribution in [0.15, 0.2) is 29.1 Å². The van der Waals surface area contributed by atoms with Gasteiger partial charge in [-0.05, 0) is 19.1 Å². The summed E-state index contributed by atoms with van der Waals surface area (Å²) in [6, 6.07) is 3.56. The quantitative estimate of drug-likeness (QED) is 0.886. The van der Waals surface area contributed by atoms with Gasteiger partial charge in [0.05, 0.1) is 17.2 Å². The van der Waals surface area contributed by atoms with E-state index in [1.165, 1.54) is 29.5 Å². The third-order valence-corrected chi connectivity index (χ3v) is 2.82. The van der Waals surface area contributed by atoms with E-state index in [9.17, 15) is 8.78 Å². The summed E-state index contributed by atoms with van der Waals surface area (Å²) in [6.45, 7) is 1.81. The highest BCUT2D eigenvalue weighted by Crippen LogP contribution is 2.23. The van der Waals surface area contributed by atoms with Crippen LogP contribution in [0.2, 0.25) is 0 Å². The molecule has 0 spiro atoms. The van der Waals surface area contributed by atoms with Crippen molar-refractivity contribution in [2.24, 2.45) is 0 Å². The number of nitrogens with one attached hydrogen (secondary N) is 1. The van der Waals surface area contributed by atoms with Crippen molar-refractivity contribution in [1.82, 2.24) is 4.98 Å². The first kappa shape index (κ1) is 11.0. The number of aromatic nitrogens is 1. The maximum Gasteiger partial charge on any atom is 0.149 e. The number of halogens is 2. The standard InChI is InChI=1S/C11H10F2N2S/c1-7(10-5-16-6-14-10)15-11-8(12)3-2-4-9(11)13/h2-7,15H,1H3. The number of anilines is 1. The third kappa shape index (κ3) is 2.19. The molecule has 0 fully saturated rings. The Bertz CT molecular complexity index is 451. The van der Waals surface area contributed by atoms with Crippen LogP contribution < -0.4 is 5.32 Å². The van der Waals surface area contributed by atoms with Crippen molar-refractivity contribution in [3.63, 3.8) is 0 Å². The summed E-state index contributed by atoms with van der Waals surface area (Å²) in [7, 11) is 0. The number of thiazole rings is 1. The molecule has 1 aromatic carbocycles. The number of rotatable bonds is 3. The third-order valence-electron chi connectivity index (χ3n) is 2.22. The Kier molecular flexibility index (Phi) is 3.14. The Morgan fingerprint density at radius 3 is 2.56 bits per heavy atom. The predicted octanol–water partition coefficient (Wildman–Crippen LogP) is 3.59. The van der Waals surface area contributed by atoms with Crippen LogP contribution in [-0.2, 0) is 0 Å². The van der Waals surface area contributed by atoms with Gasteiger partial charge in [0.2, 0.25) is 0 Å². The molecule has 2 rings (SSSR count). The molecule has 0 radical (unpaired) electrons. The Balaban J connectivity index is 2.21. The molecular weight excluding hydrogens is 230 g/mol. The van der Waals surface area contributed by atoms with Gasteiger partial charge in [0, 0.05) is 5.38 Å². The van der Waals surface area contributed by atoms with Crippen LogP contribution in [-0.4, -0.2) is 4.98 Å². The molecule has 5 heteroatoms. The lowest BCUT2D eigenvalue weighted by Gasteiger charge is -2.14. The van der Waals surface area contributed by atoms with Gasteiger partial charge in [-0.3, -0.25) is 0 Å². The fourth-order valence-corrected chi connectivity index (χ4v) is 2.01. The zero-order valence-electron chi connectivity index (χ0n) is 8.58. The molecule has 2 aromatic rings. The summed E-state index contributed by atoms with van der Waals surface area (Å²) in [4.78, 5) is 4.08. The SMILES string of the molecule is CC(Nc1c(F)cccc1F)c1cscn1. The van der Waals surface area contributed by atoms with E-state index >= 15 is 0 Å². The minimum Gasteiger partial charge on any atom is -0.372 e. The summed E-state index contributed by atoms with van der Waals surface area (Å²) in [6.07, 6.45) is 0. The summed E-state index contributed by atoms with van der Waals surface area (Å²) < 4.78 is 26.7. The van der Waals surface area contributed by atoms with Gasteiger partial charge < -0.3 is 5.32 Å². The Labute approximate surface area is 96.0 Å². The molecule has 0 saturated heterocycles. The van der Waals surface area contributed by atoms with Crippen LogP contribution in [0.3, 0.4) is 0 Å². The minimum absolute atomic E-state index is 0.108. The van der Waals surface area contributed by atoms with Crippen molar-refractivity contribution in [3.05, 3.63) is 46.4 Å². The van der Waals surface area contributed by atoms with Crippen LogP contribution in [0.5, 0.6) is 0 Å². The van der Waals surface area contributed by atoms with Gasteiger partial charge in [-0.15, -0.1) is 11.3 Å². The monoisotopic (exact) mass is 240 g/mol. The van der Waals surface area contributed by atoms with Gasteiger partial charge in [-0.2, -0.15) is 0 Å². The van der Waals surface area contributed by atoms with Crippen LogP contribution in [0, 0.1) is 11.6 Å². The lowest BCUT2D eigenvalue weighted by Crippen LogP contribution is -2.09. The van der Waals surface area contributed by atoms with Gasteiger partial charge in [-0.1, -0.05) is 6.07 Å². The molecule has 2 nitrogen and oxygen atoms in total. The number of para-hydroxylation sites is 1. The highest BCUT2D eigenvalue weighted by Gasteiger charge is 2.13. The smallest absolute Gasteiger partial charge is 0.149 e. The summed E-state index contributed by atoms with van der Waals surface area (Å²) in [5.41, 5.74) is 2.35. The van der Waals surface area contributed by atoms with Crippen molar-refractivity contribution in [2.45, 2.75) is 13.0 Å². The molecule has 1 aromatic heterocycles. The van der Waals surface area contributed by atoms with Gasteiger partial charge in [0.25, 0.3) is 0 Å². The maximum absolute atomic E-state index is 13.3. The topological polar surface area (TPSA) is 24.9 Å². The van der Waals surface area contributed by atoms with Gasteiger partial charge in [0.15, 0.2) is 0 Å². The summed E-state index contributed by atoms with van der Waals surface area (Å²) >= 11 is 1.45. The lowest BCUT2D eigenvalue weighted by atomic mass is 10.2. The molecule has 1 unspecified atom stereocenters. The van der Waals surface area contributed by atoms with E-state index < -0.39 is 11.6 Å². The average Bonchev–Trinajstić information content (AvgIpc) is 2.76. The highest BCUT2D eigenvalue weighted by molar-refractivity contribution is 7.07. The molecule has 1 N–H and O–H groups in total. The molecule has 0 aliphatic rings. The van der Waals surface area contributed by atoms with Crippen LogP contribution in [0.4, 0.5) is 14.5 Å². The molecule has 0 aliphatic heterocycles. The van der Waals surface area contributed by atoms with E-state index in [-0.39, 0.29) is 11.7 Å². The van der Waals surface area contributed by atoms with Gasteiger partial charge in [-0.25, -0.2) is 13.8 Å². The average molecular weight is 240 g/mol. The van der Waals surface area contributed by atoms with E-state index in [2.05, 4.69) is 10.3 Å². The van der Waals surface area contributed by atoms with E-state index in [0.717, 1.165) is 5.69 Å². The molecule has 84 valence electrons. The fourth-order valence-electron chi connectivity index (χ4n) is 1.36. The molecule has 1 heterocycles. The van der Waals surface area contributed by atoms with Crippen LogP contribution in [0.1, 0.15) is 18.7 Å². The first-order valence-electron chi connectivity index (χ1n) is 4.77. The van der Waals surface area contributed by atoms with Gasteiger partial charge in [0.1, 0.15) is 17.3 Å². The molecule has 0 aliphatic carbocycles. The fraction of sp³-hybridized carbons (Fsp3) is 0.182. The molecule has 0 saturated carbocycles. The van der Waals surface area contributed by atoms with Crippen molar-refractivity contribution in [2.75, 3.05) is 5.32 Å². The molecule has 1 atom stereocenters. The molecule has 0 bridgehead atoms. The number of hydrogen-bond acceptors (Lipinski definition) is 3. The largest absolute Gasteiger partial charge is 0.372 e. The first-order valence-corrected chi connectivity index (χ1v) is 5.71. The first-order chi connectivity index (χ1) is 7.68. The van der Waals surface area contributed by atoms with Crippen molar-refractivity contribution < 1.29 is 8.78 Å². The second kappa shape index (κ2) is 4.57. The predicted molar refractivity (Wildman–Crippen MR) is 60.5 cm³/mol. The van der Waals surface area contributed by atoms with Crippen molar-refractivity contribution in [3.8, 4) is 0 Å². The van der Waals surface area contributed by atoms with Gasteiger partial charge >= 0.3 is 0 Å². The zero-order valence-corrected chi connectivity index (χ0v) is 9.39. The van der Waals surface area contributed by atoms with Crippen LogP contribution in [0.25, 0.3) is 0 Å². The lowest BCUT2D eigenvalue weighted by molar-refractivity contribution is 0.584. The van der Waals surface area contributed by atoms with E-state index in [0.29, 0.717) is 0 Å². The Morgan fingerprint density at radius 2 is 2.00 bits per heavy atom. The number of benzene rings is 1. The highest BCUT2D eigenvalue weighted by atomic mass is 32.1. The second-order valence-electron chi connectivity index (χ2n) is 3.38. The minimum atomic E-state index is -0.595. The normalized spacial score (nSPS) is 12.4. The van der Waals surface area contributed by atoms with E-state index in [1.807, 2.05) is 5.38 Å². The summed E-state index contributed by atoms with van der Waals surface area (Å²) in [5, 5.41) is 4.62. The Morgan fingerprint density at radius 1 is 1.31 bits per heavy atom. The summed E-state index contributed by atoms with van der Waals surface area (Å²) in [5.74, 6) is -1.19. The maximum atomic E-state index is 13.3. The number of nitrogens with zero attached hydrogens (tertiary/aromatic N) is 1. The number of hydrogen-bond donors (Lipinski definition) is 1. The van der Waals surface area contributed by atoms with Crippen LogP contribution >= 0.6 is 11.3 Å². The molecule has 16 heavy (non-hydrogen) atoms. The van der Waals surface area contributed by atoms with Crippen molar-refractivity contribution in [1.29, 1.82) is 0 Å². The van der Waals surface area contributed by atoms with Crippen molar-refractivity contribution >= 4 is 17.0 Å². The second-order valence-corrected chi connectivity index (χ2v) is 4.09. The zero-order chi connectivity index (χ0) is 11.5. The molecule has 0 amide bonds. The van der Waals surface area contributed by atoms with E-state index in [1.54, 1.807) is 12.4 Å². The van der Waals surface area contributed by atoms with E-state index in [4.69, 9.17) is 0 Å². The Hall–Kier alpha value is -1.49.